The monoisotopic (exact) mass is 435 g/mol. The summed E-state index contributed by atoms with van der Waals surface area (Å²) in [6.45, 7) is 1.16. The van der Waals surface area contributed by atoms with Gasteiger partial charge >= 0.3 is 5.97 Å². The Morgan fingerprint density at radius 1 is 1.10 bits per heavy atom. The summed E-state index contributed by atoms with van der Waals surface area (Å²) in [5.74, 6) is -3.10. The Bertz CT molecular complexity index is 931. The van der Waals surface area contributed by atoms with E-state index in [-0.39, 0.29) is 18.7 Å². The van der Waals surface area contributed by atoms with Gasteiger partial charge < -0.3 is 31.8 Å². The van der Waals surface area contributed by atoms with Crippen LogP contribution in [0.15, 0.2) is 30.5 Å². The quantitative estimate of drug-likeness (QED) is 0.240. The van der Waals surface area contributed by atoms with E-state index >= 15 is 0 Å². The predicted octanol–water partition coefficient (Wildman–Crippen LogP) is -0.842. The first kappa shape index (κ1) is 23.2. The molecule has 0 saturated heterocycles. The first-order valence-electron chi connectivity index (χ1n) is 9.25. The molecular formula is C19H25N5O5S. The molecule has 0 saturated carbocycles. The number of carboxylic acids is 1. The van der Waals surface area contributed by atoms with Crippen LogP contribution in [-0.4, -0.2) is 64.2 Å². The van der Waals surface area contributed by atoms with Gasteiger partial charge in [0, 0.05) is 29.3 Å². The fraction of sp³-hybridized carbons (Fsp3) is 0.368. The van der Waals surface area contributed by atoms with Crippen molar-refractivity contribution in [3.8, 4) is 0 Å². The van der Waals surface area contributed by atoms with Crippen molar-refractivity contribution in [3.05, 3.63) is 36.0 Å². The third kappa shape index (κ3) is 5.97. The summed E-state index contributed by atoms with van der Waals surface area (Å²) in [5.41, 5.74) is 6.79. The lowest BCUT2D eigenvalue weighted by atomic mass is 10.0. The maximum absolute atomic E-state index is 12.6. The van der Waals surface area contributed by atoms with Crippen LogP contribution < -0.4 is 21.7 Å². The second-order valence-corrected chi connectivity index (χ2v) is 7.07. The van der Waals surface area contributed by atoms with Gasteiger partial charge in [-0.15, -0.1) is 0 Å². The van der Waals surface area contributed by atoms with E-state index in [4.69, 9.17) is 5.73 Å². The van der Waals surface area contributed by atoms with Crippen molar-refractivity contribution in [2.75, 3.05) is 12.3 Å². The number of aliphatic carboxylic acids is 1. The average Bonchev–Trinajstić information content (AvgIpc) is 3.13. The van der Waals surface area contributed by atoms with Crippen molar-refractivity contribution in [3.63, 3.8) is 0 Å². The van der Waals surface area contributed by atoms with E-state index < -0.39 is 41.8 Å². The van der Waals surface area contributed by atoms with Gasteiger partial charge in [-0.1, -0.05) is 18.2 Å². The highest BCUT2D eigenvalue weighted by Crippen LogP contribution is 2.19. The highest BCUT2D eigenvalue weighted by molar-refractivity contribution is 7.80. The number of nitrogens with two attached hydrogens (primary N) is 1. The molecule has 0 bridgehead atoms. The van der Waals surface area contributed by atoms with E-state index in [0.717, 1.165) is 16.5 Å². The molecule has 10 nitrogen and oxygen atoms in total. The highest BCUT2D eigenvalue weighted by Gasteiger charge is 2.28. The summed E-state index contributed by atoms with van der Waals surface area (Å²) >= 11 is 4.06. The van der Waals surface area contributed by atoms with Crippen LogP contribution in [0.3, 0.4) is 0 Å². The topological polar surface area (TPSA) is 166 Å². The Hall–Kier alpha value is -3.05. The minimum atomic E-state index is -1.21. The number of thiol groups is 1. The molecule has 0 aliphatic heterocycles. The standard InChI is InChI=1S/C19H25N5O5S/c1-10(22-16(25)7-20)17(26)24-15(9-30)18(27)23-14(19(28)29)6-11-8-21-13-5-3-2-4-12(11)13/h2-5,8,10,14-15,21,30H,6-7,9,20H2,1H3,(H,22,25)(H,23,27)(H,24,26)(H,28,29). The zero-order valence-electron chi connectivity index (χ0n) is 16.3. The van der Waals surface area contributed by atoms with Crippen molar-refractivity contribution >= 4 is 47.2 Å². The number of carboxylic acid groups (broad SMARTS) is 1. The number of nitrogens with one attached hydrogen (secondary N) is 4. The summed E-state index contributed by atoms with van der Waals surface area (Å²) in [4.78, 5) is 50.8. The van der Waals surface area contributed by atoms with Crippen molar-refractivity contribution in [1.82, 2.24) is 20.9 Å². The van der Waals surface area contributed by atoms with Crippen molar-refractivity contribution < 1.29 is 24.3 Å². The number of fused-ring (bicyclic) bond motifs is 1. The first-order chi connectivity index (χ1) is 14.3. The first-order valence-corrected chi connectivity index (χ1v) is 9.88. The van der Waals surface area contributed by atoms with Crippen LogP contribution in [0, 0.1) is 0 Å². The molecule has 0 aliphatic carbocycles. The highest BCUT2D eigenvalue weighted by atomic mass is 32.1. The molecule has 7 N–H and O–H groups in total. The Kier molecular flexibility index (Phi) is 8.25. The lowest BCUT2D eigenvalue weighted by molar-refractivity contribution is -0.142. The average molecular weight is 436 g/mol. The molecule has 162 valence electrons. The van der Waals surface area contributed by atoms with Gasteiger partial charge in [0.1, 0.15) is 18.1 Å². The minimum absolute atomic E-state index is 0.0568. The number of aromatic nitrogens is 1. The van der Waals surface area contributed by atoms with Crippen molar-refractivity contribution in [2.45, 2.75) is 31.5 Å². The van der Waals surface area contributed by atoms with Crippen LogP contribution in [0.25, 0.3) is 10.9 Å². The van der Waals surface area contributed by atoms with Gasteiger partial charge in [-0.2, -0.15) is 12.6 Å². The molecule has 2 rings (SSSR count). The third-order valence-electron chi connectivity index (χ3n) is 4.49. The molecule has 0 fully saturated rings. The number of H-pyrrole nitrogens is 1. The number of benzene rings is 1. The Morgan fingerprint density at radius 2 is 1.77 bits per heavy atom. The molecule has 3 atom stereocenters. The second kappa shape index (κ2) is 10.6. The normalized spacial score (nSPS) is 13.8. The number of hydrogen-bond acceptors (Lipinski definition) is 6. The number of carbonyl (C=O) groups excluding carboxylic acids is 3. The molecule has 11 heteroatoms. The van der Waals surface area contributed by atoms with Crippen LogP contribution in [0.2, 0.25) is 0 Å². The Morgan fingerprint density at radius 3 is 2.40 bits per heavy atom. The SMILES string of the molecule is CC(NC(=O)CN)C(=O)NC(CS)C(=O)NC(Cc1c[nH]c2ccccc12)C(=O)O. The number of hydrogen-bond donors (Lipinski definition) is 7. The van der Waals surface area contributed by atoms with E-state index in [2.05, 4.69) is 33.6 Å². The van der Waals surface area contributed by atoms with Crippen LogP contribution in [0.5, 0.6) is 0 Å². The van der Waals surface area contributed by atoms with Crippen LogP contribution in [-0.2, 0) is 25.6 Å². The summed E-state index contributed by atoms with van der Waals surface area (Å²) in [7, 11) is 0. The minimum Gasteiger partial charge on any atom is -0.480 e. The molecule has 30 heavy (non-hydrogen) atoms. The van der Waals surface area contributed by atoms with Gasteiger partial charge in [0.15, 0.2) is 0 Å². The second-order valence-electron chi connectivity index (χ2n) is 6.70. The van der Waals surface area contributed by atoms with Gasteiger partial charge in [0.05, 0.1) is 6.54 Å². The molecule has 3 amide bonds. The number of para-hydroxylation sites is 1. The largest absolute Gasteiger partial charge is 0.480 e. The zero-order chi connectivity index (χ0) is 22.3. The predicted molar refractivity (Wildman–Crippen MR) is 114 cm³/mol. The summed E-state index contributed by atoms with van der Waals surface area (Å²) in [6, 6.07) is 4.21. The smallest absolute Gasteiger partial charge is 0.326 e. The lowest BCUT2D eigenvalue weighted by Crippen LogP contribution is -2.56. The molecule has 2 aromatic rings. The fourth-order valence-corrected chi connectivity index (χ4v) is 3.11. The van der Waals surface area contributed by atoms with Crippen LogP contribution in [0.1, 0.15) is 12.5 Å². The number of aromatic amines is 1. The molecule has 1 heterocycles. The van der Waals surface area contributed by atoms with E-state index in [0.29, 0.717) is 0 Å². The van der Waals surface area contributed by atoms with Crippen molar-refractivity contribution in [2.24, 2.45) is 5.73 Å². The van der Waals surface area contributed by atoms with Crippen molar-refractivity contribution in [1.29, 1.82) is 0 Å². The van der Waals surface area contributed by atoms with E-state index in [9.17, 15) is 24.3 Å². The fourth-order valence-electron chi connectivity index (χ4n) is 2.85. The molecule has 1 aromatic carbocycles. The molecule has 0 spiro atoms. The van der Waals surface area contributed by atoms with Gasteiger partial charge in [-0.25, -0.2) is 4.79 Å². The Labute approximate surface area is 178 Å². The number of amides is 3. The van der Waals surface area contributed by atoms with E-state index in [1.54, 1.807) is 6.20 Å². The number of carbonyl (C=O) groups is 4. The van der Waals surface area contributed by atoms with E-state index in [1.165, 1.54) is 6.92 Å². The van der Waals surface area contributed by atoms with E-state index in [1.807, 2.05) is 24.3 Å². The van der Waals surface area contributed by atoms with Crippen LogP contribution >= 0.6 is 12.6 Å². The Balaban J connectivity index is 2.04. The molecular weight excluding hydrogens is 410 g/mol. The van der Waals surface area contributed by atoms with Crippen LogP contribution in [0.4, 0.5) is 0 Å². The van der Waals surface area contributed by atoms with Gasteiger partial charge in [0.25, 0.3) is 0 Å². The summed E-state index contributed by atoms with van der Waals surface area (Å²) in [5, 5.41) is 17.7. The summed E-state index contributed by atoms with van der Waals surface area (Å²) < 4.78 is 0. The molecule has 3 unspecified atom stereocenters. The zero-order valence-corrected chi connectivity index (χ0v) is 17.2. The maximum atomic E-state index is 12.6. The van der Waals surface area contributed by atoms with Gasteiger partial charge in [-0.3, -0.25) is 14.4 Å². The molecule has 1 aromatic heterocycles. The van der Waals surface area contributed by atoms with Gasteiger partial charge in [-0.05, 0) is 18.6 Å². The molecule has 0 radical (unpaired) electrons. The number of rotatable bonds is 10. The molecule has 0 aliphatic rings. The van der Waals surface area contributed by atoms with Gasteiger partial charge in [0.2, 0.25) is 17.7 Å². The maximum Gasteiger partial charge on any atom is 0.326 e. The lowest BCUT2D eigenvalue weighted by Gasteiger charge is -2.22. The summed E-state index contributed by atoms with van der Waals surface area (Å²) in [6.07, 6.45) is 1.76. The third-order valence-corrected chi connectivity index (χ3v) is 4.85.